The van der Waals surface area contributed by atoms with Crippen LogP contribution in [0.1, 0.15) is 19.4 Å². The summed E-state index contributed by atoms with van der Waals surface area (Å²) in [4.78, 5) is 15.8. The third kappa shape index (κ3) is 5.61. The van der Waals surface area contributed by atoms with Gasteiger partial charge in [-0.05, 0) is 48.1 Å². The van der Waals surface area contributed by atoms with Gasteiger partial charge in [-0.25, -0.2) is 4.68 Å². The summed E-state index contributed by atoms with van der Waals surface area (Å²) in [7, 11) is 0. The van der Waals surface area contributed by atoms with Crippen LogP contribution in [-0.4, -0.2) is 26.2 Å². The second-order valence-corrected chi connectivity index (χ2v) is 8.10. The lowest BCUT2D eigenvalue weighted by Gasteiger charge is -2.17. The maximum Gasteiger partial charge on any atom is 0.289 e. The van der Waals surface area contributed by atoms with Crippen LogP contribution in [0.15, 0.2) is 29.3 Å². The molecule has 0 radical (unpaired) electrons. The highest BCUT2D eigenvalue weighted by atomic mass is 127. The number of alkyl halides is 1. The molecule has 124 valence electrons. The molecule has 0 spiro atoms. The quantitative estimate of drug-likeness (QED) is 0.370. The molecule has 2 aromatic heterocycles. The molecule has 0 N–H and O–H groups in total. The molecule has 0 saturated carbocycles. The van der Waals surface area contributed by atoms with Crippen molar-refractivity contribution in [2.75, 3.05) is 6.61 Å². The highest BCUT2D eigenvalue weighted by Gasteiger charge is 2.18. The van der Waals surface area contributed by atoms with E-state index in [1.807, 2.05) is 12.1 Å². The summed E-state index contributed by atoms with van der Waals surface area (Å²) in [6.07, 6.45) is 3.90. The van der Waals surface area contributed by atoms with Gasteiger partial charge in [0, 0.05) is 12.6 Å². The number of hydrogen-bond donors (Lipinski definition) is 0. The number of rotatable bonds is 6. The maximum absolute atomic E-state index is 12.2. The Labute approximate surface area is 158 Å². The summed E-state index contributed by atoms with van der Waals surface area (Å²) in [6, 6.07) is 3.91. The Morgan fingerprint density at radius 1 is 1.35 bits per heavy atom. The Kier molecular flexibility index (Phi) is 6.27. The molecular weight excluding hydrogens is 452 g/mol. The van der Waals surface area contributed by atoms with E-state index in [2.05, 4.69) is 32.7 Å². The molecule has 2 aromatic rings. The monoisotopic (exact) mass is 467 g/mol. The molecule has 2 heterocycles. The Bertz CT molecular complexity index is 727. The van der Waals surface area contributed by atoms with Crippen LogP contribution in [-0.2, 0) is 13.0 Å². The van der Waals surface area contributed by atoms with Gasteiger partial charge in [0.2, 0.25) is 0 Å². The third-order valence-corrected chi connectivity index (χ3v) is 4.02. The average molecular weight is 468 g/mol. The second kappa shape index (κ2) is 7.81. The van der Waals surface area contributed by atoms with Crippen molar-refractivity contribution in [3.63, 3.8) is 0 Å². The van der Waals surface area contributed by atoms with Crippen LogP contribution >= 0.6 is 45.8 Å². The lowest BCUT2D eigenvalue weighted by molar-refractivity contribution is 0.316. The van der Waals surface area contributed by atoms with E-state index in [1.54, 1.807) is 20.0 Å². The molecule has 8 heteroatoms. The van der Waals surface area contributed by atoms with E-state index in [-0.39, 0.29) is 17.3 Å². The number of aromatic nitrogens is 3. The highest BCUT2D eigenvalue weighted by Crippen LogP contribution is 2.20. The van der Waals surface area contributed by atoms with E-state index in [0.29, 0.717) is 13.0 Å². The van der Waals surface area contributed by atoms with Gasteiger partial charge in [0.1, 0.15) is 3.70 Å². The largest absolute Gasteiger partial charge is 0.490 e. The molecule has 0 unspecified atom stereocenters. The van der Waals surface area contributed by atoms with Crippen molar-refractivity contribution in [2.45, 2.75) is 31.7 Å². The Morgan fingerprint density at radius 3 is 2.70 bits per heavy atom. The SMILES string of the molecule is CC(C)(Cl)Cn1ncc(OCCc2ccc(I)nc2)c(Cl)c1=O. The summed E-state index contributed by atoms with van der Waals surface area (Å²) in [6.45, 7) is 4.25. The lowest BCUT2D eigenvalue weighted by atomic mass is 10.2. The van der Waals surface area contributed by atoms with E-state index in [9.17, 15) is 4.79 Å². The van der Waals surface area contributed by atoms with Gasteiger partial charge in [0.25, 0.3) is 5.56 Å². The molecular formula is C15H16Cl2IN3O2. The van der Waals surface area contributed by atoms with Gasteiger partial charge >= 0.3 is 0 Å². The van der Waals surface area contributed by atoms with Crippen LogP contribution in [0, 0.1) is 3.70 Å². The van der Waals surface area contributed by atoms with Crippen molar-refractivity contribution in [3.8, 4) is 5.75 Å². The maximum atomic E-state index is 12.2. The zero-order valence-corrected chi connectivity index (χ0v) is 16.4. The second-order valence-electron chi connectivity index (χ2n) is 5.59. The van der Waals surface area contributed by atoms with Crippen LogP contribution in [0.2, 0.25) is 5.02 Å². The third-order valence-electron chi connectivity index (χ3n) is 2.92. The number of ether oxygens (including phenoxy) is 1. The van der Waals surface area contributed by atoms with Gasteiger partial charge in [-0.3, -0.25) is 9.78 Å². The number of hydrogen-bond acceptors (Lipinski definition) is 4. The van der Waals surface area contributed by atoms with Crippen molar-refractivity contribution in [3.05, 3.63) is 49.2 Å². The van der Waals surface area contributed by atoms with Crippen LogP contribution in [0.3, 0.4) is 0 Å². The highest BCUT2D eigenvalue weighted by molar-refractivity contribution is 14.1. The fraction of sp³-hybridized carbons (Fsp3) is 0.400. The van der Waals surface area contributed by atoms with Crippen molar-refractivity contribution >= 4 is 45.8 Å². The number of nitrogens with zero attached hydrogens (tertiary/aromatic N) is 3. The molecule has 0 saturated heterocycles. The van der Waals surface area contributed by atoms with Gasteiger partial charge < -0.3 is 4.74 Å². The summed E-state index contributed by atoms with van der Waals surface area (Å²) < 4.78 is 7.74. The first-order valence-electron chi connectivity index (χ1n) is 6.94. The van der Waals surface area contributed by atoms with Crippen LogP contribution in [0.4, 0.5) is 0 Å². The van der Waals surface area contributed by atoms with E-state index < -0.39 is 10.4 Å². The summed E-state index contributed by atoms with van der Waals surface area (Å²) in [5, 5.41) is 4.07. The van der Waals surface area contributed by atoms with Crippen molar-refractivity contribution < 1.29 is 4.74 Å². The normalized spacial score (nSPS) is 11.5. The van der Waals surface area contributed by atoms with E-state index in [1.165, 1.54) is 10.9 Å². The fourth-order valence-electron chi connectivity index (χ4n) is 1.85. The molecule has 0 atom stereocenters. The van der Waals surface area contributed by atoms with Crippen LogP contribution < -0.4 is 10.3 Å². The molecule has 5 nitrogen and oxygen atoms in total. The molecule has 2 rings (SSSR count). The molecule has 0 aliphatic carbocycles. The van der Waals surface area contributed by atoms with Crippen molar-refractivity contribution in [1.82, 2.24) is 14.8 Å². The van der Waals surface area contributed by atoms with Crippen LogP contribution in [0.25, 0.3) is 0 Å². The van der Waals surface area contributed by atoms with Crippen LogP contribution in [0.5, 0.6) is 5.75 Å². The number of pyridine rings is 1. The predicted octanol–water partition coefficient (Wildman–Crippen LogP) is 3.54. The topological polar surface area (TPSA) is 57.0 Å². The minimum atomic E-state index is -0.583. The first-order valence-corrected chi connectivity index (χ1v) is 8.77. The predicted molar refractivity (Wildman–Crippen MR) is 99.6 cm³/mol. The van der Waals surface area contributed by atoms with Gasteiger partial charge in [-0.2, -0.15) is 5.10 Å². The molecule has 0 fully saturated rings. The zero-order valence-electron chi connectivity index (χ0n) is 12.7. The smallest absolute Gasteiger partial charge is 0.289 e. The average Bonchev–Trinajstić information content (AvgIpc) is 2.47. The van der Waals surface area contributed by atoms with Gasteiger partial charge in [0.15, 0.2) is 10.8 Å². The molecule has 23 heavy (non-hydrogen) atoms. The molecule has 0 bridgehead atoms. The summed E-state index contributed by atoms with van der Waals surface area (Å²) in [5.74, 6) is 0.277. The van der Waals surface area contributed by atoms with Crippen molar-refractivity contribution in [1.29, 1.82) is 0 Å². The fourth-order valence-corrected chi connectivity index (χ4v) is 2.49. The lowest BCUT2D eigenvalue weighted by Crippen LogP contribution is -2.31. The Morgan fingerprint density at radius 2 is 2.09 bits per heavy atom. The Balaban J connectivity index is 2.02. The molecule has 0 aliphatic heterocycles. The first kappa shape index (κ1) is 18.5. The summed E-state index contributed by atoms with van der Waals surface area (Å²) >= 11 is 14.3. The van der Waals surface area contributed by atoms with E-state index in [4.69, 9.17) is 27.9 Å². The van der Waals surface area contributed by atoms with Crippen molar-refractivity contribution in [2.24, 2.45) is 0 Å². The first-order chi connectivity index (χ1) is 10.8. The van der Waals surface area contributed by atoms with E-state index >= 15 is 0 Å². The minimum absolute atomic E-state index is 0.0154. The summed E-state index contributed by atoms with van der Waals surface area (Å²) in [5.41, 5.74) is 0.639. The Hall–Kier alpha value is -0.860. The molecule has 0 amide bonds. The number of halogens is 3. The van der Waals surface area contributed by atoms with Gasteiger partial charge in [0.05, 0.1) is 24.2 Å². The standard InChI is InChI=1S/C15H16Cl2IN3O2/c1-15(2,17)9-21-14(22)13(16)11(8-20-21)23-6-5-10-3-4-12(18)19-7-10/h3-4,7-8H,5-6,9H2,1-2H3. The molecule has 0 aliphatic rings. The van der Waals surface area contributed by atoms with E-state index in [0.717, 1.165) is 9.26 Å². The minimum Gasteiger partial charge on any atom is -0.490 e. The molecule has 0 aromatic carbocycles. The zero-order chi connectivity index (χ0) is 17.0. The van der Waals surface area contributed by atoms with Gasteiger partial charge in [-0.1, -0.05) is 17.7 Å². The van der Waals surface area contributed by atoms with Gasteiger partial charge in [-0.15, -0.1) is 11.6 Å².